The molecule has 0 radical (unpaired) electrons. The first kappa shape index (κ1) is 11.2. The molecular formula is C10H15NO2S. The first-order chi connectivity index (χ1) is 6.44. The quantitative estimate of drug-likeness (QED) is 0.832. The van der Waals surface area contributed by atoms with Gasteiger partial charge in [0, 0.05) is 11.4 Å². The average Bonchev–Trinajstić information content (AvgIpc) is 2.56. The maximum atomic E-state index is 11.0. The summed E-state index contributed by atoms with van der Waals surface area (Å²) in [4.78, 5) is 14.0. The molecule has 1 N–H and O–H groups in total. The topological polar surface area (TPSA) is 40.5 Å². The second-order valence-corrected chi connectivity index (χ2v) is 4.83. The molecule has 0 spiro atoms. The molecule has 0 saturated carbocycles. The molecule has 0 amide bonds. The first-order valence-electron chi connectivity index (χ1n) is 4.41. The van der Waals surface area contributed by atoms with Crippen LogP contribution < -0.4 is 0 Å². The van der Waals surface area contributed by atoms with Crippen LogP contribution in [0.15, 0.2) is 17.5 Å². The number of hydrogen-bond acceptors (Lipinski definition) is 3. The second-order valence-electron chi connectivity index (χ2n) is 3.80. The molecule has 3 nitrogen and oxygen atoms in total. The minimum absolute atomic E-state index is 0.678. The van der Waals surface area contributed by atoms with Crippen molar-refractivity contribution in [2.45, 2.75) is 25.9 Å². The molecule has 0 bridgehead atoms. The van der Waals surface area contributed by atoms with Crippen molar-refractivity contribution in [1.29, 1.82) is 0 Å². The zero-order valence-electron chi connectivity index (χ0n) is 8.65. The lowest BCUT2D eigenvalue weighted by molar-refractivity contribution is -0.148. The monoisotopic (exact) mass is 213 g/mol. The fourth-order valence-corrected chi connectivity index (χ4v) is 1.75. The van der Waals surface area contributed by atoms with Crippen molar-refractivity contribution in [3.05, 3.63) is 22.4 Å². The van der Waals surface area contributed by atoms with Crippen LogP contribution in [0.3, 0.4) is 0 Å². The smallest absolute Gasteiger partial charge is 0.323 e. The van der Waals surface area contributed by atoms with Crippen molar-refractivity contribution in [3.63, 3.8) is 0 Å². The van der Waals surface area contributed by atoms with E-state index in [-0.39, 0.29) is 0 Å². The van der Waals surface area contributed by atoms with Gasteiger partial charge in [0.25, 0.3) is 0 Å². The number of thiophene rings is 1. The number of carboxylic acids is 1. The summed E-state index contributed by atoms with van der Waals surface area (Å²) in [5.41, 5.74) is -0.815. The number of rotatable bonds is 4. The van der Waals surface area contributed by atoms with Crippen LogP contribution in [0, 0.1) is 0 Å². The molecule has 4 heteroatoms. The summed E-state index contributed by atoms with van der Waals surface area (Å²) >= 11 is 1.64. The third kappa shape index (κ3) is 2.33. The van der Waals surface area contributed by atoms with E-state index in [9.17, 15) is 4.79 Å². The Labute approximate surface area is 88.0 Å². The molecule has 0 atom stereocenters. The van der Waals surface area contributed by atoms with Gasteiger partial charge in [-0.2, -0.15) is 0 Å². The van der Waals surface area contributed by atoms with E-state index in [0.29, 0.717) is 6.54 Å². The number of carbonyl (C=O) groups is 1. The molecule has 0 fully saturated rings. The summed E-state index contributed by atoms with van der Waals surface area (Å²) in [6.07, 6.45) is 0. The Hall–Kier alpha value is -0.870. The number of carboxylic acid groups (broad SMARTS) is 1. The lowest BCUT2D eigenvalue weighted by atomic mass is 10.0. The highest BCUT2D eigenvalue weighted by Crippen LogP contribution is 2.18. The van der Waals surface area contributed by atoms with Gasteiger partial charge in [-0.3, -0.25) is 9.69 Å². The van der Waals surface area contributed by atoms with E-state index in [1.165, 1.54) is 4.88 Å². The van der Waals surface area contributed by atoms with Crippen molar-refractivity contribution in [2.75, 3.05) is 7.05 Å². The van der Waals surface area contributed by atoms with E-state index in [1.54, 1.807) is 25.2 Å². The number of hydrogen-bond donors (Lipinski definition) is 1. The molecule has 0 unspecified atom stereocenters. The lowest BCUT2D eigenvalue weighted by Crippen LogP contribution is -2.47. The van der Waals surface area contributed by atoms with E-state index in [2.05, 4.69) is 0 Å². The second kappa shape index (κ2) is 4.11. The zero-order valence-corrected chi connectivity index (χ0v) is 9.47. The van der Waals surface area contributed by atoms with E-state index in [1.807, 2.05) is 29.5 Å². The Bertz CT molecular complexity index is 306. The van der Waals surface area contributed by atoms with Crippen LogP contribution in [-0.2, 0) is 11.3 Å². The Kier molecular flexibility index (Phi) is 3.29. The predicted molar refractivity (Wildman–Crippen MR) is 57.5 cm³/mol. The van der Waals surface area contributed by atoms with Crippen LogP contribution in [0.2, 0.25) is 0 Å². The first-order valence-corrected chi connectivity index (χ1v) is 5.29. The molecule has 78 valence electrons. The standard InChI is InChI=1S/C10H15NO2S/c1-10(2,9(12)13)11(3)7-8-5-4-6-14-8/h4-6H,7H2,1-3H3,(H,12,13). The number of likely N-dealkylation sites (N-methyl/N-ethyl adjacent to an activating group) is 1. The van der Waals surface area contributed by atoms with Gasteiger partial charge >= 0.3 is 5.97 Å². The maximum Gasteiger partial charge on any atom is 0.323 e. The van der Waals surface area contributed by atoms with Gasteiger partial charge in [-0.1, -0.05) is 6.07 Å². The molecule has 1 aromatic heterocycles. The Morgan fingerprint density at radius 3 is 2.71 bits per heavy atom. The van der Waals surface area contributed by atoms with E-state index < -0.39 is 11.5 Å². The molecule has 0 aromatic carbocycles. The van der Waals surface area contributed by atoms with Gasteiger partial charge in [-0.25, -0.2) is 0 Å². The van der Waals surface area contributed by atoms with Crippen LogP contribution >= 0.6 is 11.3 Å². The molecule has 0 saturated heterocycles. The van der Waals surface area contributed by atoms with Crippen molar-refractivity contribution in [1.82, 2.24) is 4.90 Å². The third-order valence-electron chi connectivity index (χ3n) is 2.45. The van der Waals surface area contributed by atoms with Gasteiger partial charge in [0.2, 0.25) is 0 Å². The van der Waals surface area contributed by atoms with Gasteiger partial charge in [-0.15, -0.1) is 11.3 Å². The van der Waals surface area contributed by atoms with Gasteiger partial charge in [0.15, 0.2) is 0 Å². The molecule has 14 heavy (non-hydrogen) atoms. The van der Waals surface area contributed by atoms with Crippen LogP contribution in [0.25, 0.3) is 0 Å². The van der Waals surface area contributed by atoms with Crippen LogP contribution in [0.4, 0.5) is 0 Å². The minimum Gasteiger partial charge on any atom is -0.480 e. The summed E-state index contributed by atoms with van der Waals surface area (Å²) in [6, 6.07) is 3.99. The molecule has 0 aliphatic carbocycles. The molecule has 1 heterocycles. The third-order valence-corrected chi connectivity index (χ3v) is 3.31. The summed E-state index contributed by atoms with van der Waals surface area (Å²) in [6.45, 7) is 4.10. The van der Waals surface area contributed by atoms with Gasteiger partial charge in [0.1, 0.15) is 5.54 Å². The highest BCUT2D eigenvalue weighted by molar-refractivity contribution is 7.09. The number of nitrogens with zero attached hydrogens (tertiary/aromatic N) is 1. The van der Waals surface area contributed by atoms with Crippen LogP contribution in [-0.4, -0.2) is 28.6 Å². The van der Waals surface area contributed by atoms with Crippen LogP contribution in [0.1, 0.15) is 18.7 Å². The highest BCUT2D eigenvalue weighted by Gasteiger charge is 2.31. The number of aliphatic carboxylic acids is 1. The molecule has 1 rings (SSSR count). The normalized spacial score (nSPS) is 12.0. The Balaban J connectivity index is 2.67. The van der Waals surface area contributed by atoms with E-state index in [4.69, 9.17) is 5.11 Å². The fourth-order valence-electron chi connectivity index (χ4n) is 0.997. The summed E-state index contributed by atoms with van der Waals surface area (Å²) in [5.74, 6) is -0.795. The Morgan fingerprint density at radius 2 is 2.29 bits per heavy atom. The van der Waals surface area contributed by atoms with Crippen molar-refractivity contribution >= 4 is 17.3 Å². The zero-order chi connectivity index (χ0) is 10.8. The molecule has 0 aliphatic heterocycles. The fraction of sp³-hybridized carbons (Fsp3) is 0.500. The molecule has 1 aromatic rings. The molecule has 0 aliphatic rings. The maximum absolute atomic E-state index is 11.0. The summed E-state index contributed by atoms with van der Waals surface area (Å²) in [5, 5.41) is 11.0. The van der Waals surface area contributed by atoms with Crippen molar-refractivity contribution < 1.29 is 9.90 Å². The summed E-state index contributed by atoms with van der Waals surface area (Å²) in [7, 11) is 1.83. The molecular weight excluding hydrogens is 198 g/mol. The van der Waals surface area contributed by atoms with E-state index in [0.717, 1.165) is 0 Å². The van der Waals surface area contributed by atoms with Gasteiger partial charge in [0.05, 0.1) is 0 Å². The minimum atomic E-state index is -0.815. The average molecular weight is 213 g/mol. The van der Waals surface area contributed by atoms with Crippen molar-refractivity contribution in [2.24, 2.45) is 0 Å². The van der Waals surface area contributed by atoms with Gasteiger partial charge < -0.3 is 5.11 Å². The lowest BCUT2D eigenvalue weighted by Gasteiger charge is -2.30. The summed E-state index contributed by atoms with van der Waals surface area (Å²) < 4.78 is 0. The van der Waals surface area contributed by atoms with E-state index >= 15 is 0 Å². The largest absolute Gasteiger partial charge is 0.480 e. The van der Waals surface area contributed by atoms with Gasteiger partial charge in [-0.05, 0) is 32.3 Å². The predicted octanol–water partition coefficient (Wildman–Crippen LogP) is 2.04. The highest BCUT2D eigenvalue weighted by atomic mass is 32.1. The van der Waals surface area contributed by atoms with Crippen molar-refractivity contribution in [3.8, 4) is 0 Å². The Morgan fingerprint density at radius 1 is 1.64 bits per heavy atom. The van der Waals surface area contributed by atoms with Crippen LogP contribution in [0.5, 0.6) is 0 Å². The SMILES string of the molecule is CN(Cc1cccs1)C(C)(C)C(=O)O.